The monoisotopic (exact) mass is 390 g/mol. The Morgan fingerprint density at radius 3 is 2.46 bits per heavy atom. The van der Waals surface area contributed by atoms with Crippen LogP contribution in [0.4, 0.5) is 0 Å². The van der Waals surface area contributed by atoms with Crippen LogP contribution in [0, 0.1) is 20.8 Å². The van der Waals surface area contributed by atoms with E-state index in [9.17, 15) is 4.79 Å². The Balaban J connectivity index is 1.93. The van der Waals surface area contributed by atoms with Crippen LogP contribution in [0.25, 0.3) is 0 Å². The number of hydrogen-bond acceptors (Lipinski definition) is 4. The summed E-state index contributed by atoms with van der Waals surface area (Å²) >= 11 is 3.45. The van der Waals surface area contributed by atoms with E-state index in [0.29, 0.717) is 11.3 Å². The number of oxime groups is 1. The third kappa shape index (κ3) is 4.83. The average molecular weight is 391 g/mol. The molecule has 2 N–H and O–H groups in total. The Morgan fingerprint density at radius 1 is 1.12 bits per heavy atom. The van der Waals surface area contributed by atoms with Crippen LogP contribution in [-0.2, 0) is 9.63 Å². The van der Waals surface area contributed by atoms with Crippen LogP contribution in [0.5, 0.6) is 5.75 Å². The molecular weight excluding hydrogens is 372 g/mol. The highest BCUT2D eigenvalue weighted by Gasteiger charge is 2.09. The molecule has 0 aliphatic rings. The maximum Gasteiger partial charge on any atom is 0.372 e. The Morgan fingerprint density at radius 2 is 1.79 bits per heavy atom. The Kier molecular flexibility index (Phi) is 5.98. The number of carbonyl (C=O) groups is 1. The van der Waals surface area contributed by atoms with Crippen molar-refractivity contribution in [2.24, 2.45) is 10.9 Å². The second-order valence-corrected chi connectivity index (χ2v) is 6.32. The third-order valence-corrected chi connectivity index (χ3v) is 4.25. The van der Waals surface area contributed by atoms with E-state index in [-0.39, 0.29) is 12.4 Å². The summed E-state index contributed by atoms with van der Waals surface area (Å²) in [5.74, 6) is 0.146. The van der Waals surface area contributed by atoms with Gasteiger partial charge in [-0.05, 0) is 44.0 Å². The molecule has 0 aromatic heterocycles. The first kappa shape index (κ1) is 18.0. The molecule has 0 spiro atoms. The minimum absolute atomic E-state index is 0.138. The summed E-state index contributed by atoms with van der Waals surface area (Å²) in [6.07, 6.45) is 0. The van der Waals surface area contributed by atoms with Crippen molar-refractivity contribution >= 4 is 27.7 Å². The average Bonchev–Trinajstić information content (AvgIpc) is 2.55. The molecule has 2 aromatic rings. The number of rotatable bonds is 5. The lowest BCUT2D eigenvalue weighted by atomic mass is 10.1. The summed E-state index contributed by atoms with van der Waals surface area (Å²) in [6.45, 7) is 5.58. The first-order chi connectivity index (χ1) is 11.4. The number of nitrogens with zero attached hydrogens (tertiary/aromatic N) is 1. The summed E-state index contributed by atoms with van der Waals surface area (Å²) in [4.78, 5) is 16.5. The van der Waals surface area contributed by atoms with Crippen molar-refractivity contribution in [3.8, 4) is 5.75 Å². The van der Waals surface area contributed by atoms with Gasteiger partial charge in [0.2, 0.25) is 0 Å². The molecule has 2 rings (SSSR count). The molecule has 5 nitrogen and oxygen atoms in total. The minimum atomic E-state index is -0.620. The Bertz CT molecular complexity index is 771. The van der Waals surface area contributed by atoms with E-state index < -0.39 is 5.97 Å². The lowest BCUT2D eigenvalue weighted by Gasteiger charge is -2.10. The van der Waals surface area contributed by atoms with Crippen molar-refractivity contribution in [1.82, 2.24) is 0 Å². The van der Waals surface area contributed by atoms with Gasteiger partial charge in [-0.25, -0.2) is 4.79 Å². The van der Waals surface area contributed by atoms with E-state index >= 15 is 0 Å². The van der Waals surface area contributed by atoms with Gasteiger partial charge in [0, 0.05) is 10.0 Å². The van der Waals surface area contributed by atoms with Crippen molar-refractivity contribution in [3.63, 3.8) is 0 Å². The van der Waals surface area contributed by atoms with Gasteiger partial charge in [0.15, 0.2) is 12.4 Å². The van der Waals surface area contributed by atoms with Gasteiger partial charge in [-0.3, -0.25) is 0 Å². The zero-order chi connectivity index (χ0) is 17.7. The van der Waals surface area contributed by atoms with E-state index in [0.717, 1.165) is 21.2 Å². The fourth-order valence-electron chi connectivity index (χ4n) is 1.95. The van der Waals surface area contributed by atoms with E-state index in [4.69, 9.17) is 15.3 Å². The number of hydrogen-bond donors (Lipinski definition) is 1. The highest BCUT2D eigenvalue weighted by atomic mass is 79.9. The van der Waals surface area contributed by atoms with Gasteiger partial charge in [-0.1, -0.05) is 50.9 Å². The van der Waals surface area contributed by atoms with Crippen LogP contribution in [0.1, 0.15) is 22.3 Å². The van der Waals surface area contributed by atoms with Gasteiger partial charge < -0.3 is 15.3 Å². The normalized spacial score (nSPS) is 11.2. The number of amidine groups is 1. The molecule has 126 valence electrons. The summed E-state index contributed by atoms with van der Waals surface area (Å²) in [6, 6.07) is 11.2. The zero-order valence-corrected chi connectivity index (χ0v) is 15.4. The molecule has 0 unspecified atom stereocenters. The first-order valence-corrected chi connectivity index (χ1v) is 8.16. The van der Waals surface area contributed by atoms with Crippen molar-refractivity contribution in [3.05, 3.63) is 63.1 Å². The summed E-state index contributed by atoms with van der Waals surface area (Å²) < 4.78 is 6.47. The zero-order valence-electron chi connectivity index (χ0n) is 13.8. The number of ether oxygens (including phenoxy) is 1. The smallest absolute Gasteiger partial charge is 0.372 e. The second-order valence-electron chi connectivity index (χ2n) is 5.46. The molecule has 0 bridgehead atoms. The van der Waals surface area contributed by atoms with Crippen molar-refractivity contribution < 1.29 is 14.4 Å². The molecule has 6 heteroatoms. The summed E-state index contributed by atoms with van der Waals surface area (Å²) in [5.41, 5.74) is 9.52. The highest BCUT2D eigenvalue weighted by Crippen LogP contribution is 2.26. The lowest BCUT2D eigenvalue weighted by molar-refractivity contribution is -0.146. The van der Waals surface area contributed by atoms with Crippen molar-refractivity contribution in [2.75, 3.05) is 6.61 Å². The van der Waals surface area contributed by atoms with Crippen LogP contribution in [0.2, 0.25) is 0 Å². The fraction of sp³-hybridized carbons (Fsp3) is 0.222. The molecule has 0 saturated carbocycles. The third-order valence-electron chi connectivity index (χ3n) is 3.39. The van der Waals surface area contributed by atoms with Gasteiger partial charge in [-0.15, -0.1) is 0 Å². The largest absolute Gasteiger partial charge is 0.482 e. The predicted octanol–water partition coefficient (Wildman–Crippen LogP) is 3.62. The number of halogens is 1. The molecule has 0 fully saturated rings. The maximum atomic E-state index is 11.8. The van der Waals surface area contributed by atoms with Gasteiger partial charge in [0.25, 0.3) is 0 Å². The van der Waals surface area contributed by atoms with Crippen LogP contribution in [-0.4, -0.2) is 18.4 Å². The van der Waals surface area contributed by atoms with Crippen LogP contribution in [0.15, 0.2) is 46.0 Å². The molecule has 0 aliphatic carbocycles. The van der Waals surface area contributed by atoms with E-state index in [1.807, 2.05) is 57.2 Å². The number of carbonyl (C=O) groups excluding carboxylic acids is 1. The molecule has 0 heterocycles. The first-order valence-electron chi connectivity index (χ1n) is 7.36. The van der Waals surface area contributed by atoms with Crippen LogP contribution in [0.3, 0.4) is 0 Å². The predicted molar refractivity (Wildman–Crippen MR) is 97.1 cm³/mol. The Hall–Kier alpha value is -2.34. The second kappa shape index (κ2) is 7.97. The maximum absolute atomic E-state index is 11.8. The molecule has 0 atom stereocenters. The van der Waals surface area contributed by atoms with E-state index in [1.54, 1.807) is 0 Å². The van der Waals surface area contributed by atoms with Gasteiger partial charge in [0.1, 0.15) is 5.75 Å². The van der Waals surface area contributed by atoms with Gasteiger partial charge in [-0.2, -0.15) is 0 Å². The lowest BCUT2D eigenvalue weighted by Crippen LogP contribution is -2.18. The molecule has 2 aromatic carbocycles. The summed E-state index contributed by atoms with van der Waals surface area (Å²) in [5, 5.41) is 3.65. The van der Waals surface area contributed by atoms with E-state index in [2.05, 4.69) is 21.1 Å². The minimum Gasteiger partial charge on any atom is -0.482 e. The standard InChI is InChI=1S/C18H19BrN2O3/c1-11-4-6-14(7-5-11)18(20)21-24-17(22)10-23-16-9-12(2)15(19)8-13(16)3/h4-9H,10H2,1-3H3,(H2,20,21). The summed E-state index contributed by atoms with van der Waals surface area (Å²) in [7, 11) is 0. The number of aryl methyl sites for hydroxylation is 3. The van der Waals surface area contributed by atoms with Crippen LogP contribution >= 0.6 is 15.9 Å². The molecule has 0 amide bonds. The Labute approximate surface area is 149 Å². The molecule has 0 radical (unpaired) electrons. The van der Waals surface area contributed by atoms with Gasteiger partial charge in [0.05, 0.1) is 0 Å². The van der Waals surface area contributed by atoms with Gasteiger partial charge >= 0.3 is 5.97 Å². The molecular formula is C18H19BrN2O3. The highest BCUT2D eigenvalue weighted by molar-refractivity contribution is 9.10. The van der Waals surface area contributed by atoms with Crippen molar-refractivity contribution in [2.45, 2.75) is 20.8 Å². The quantitative estimate of drug-likeness (QED) is 0.366. The number of nitrogens with two attached hydrogens (primary N) is 1. The fourth-order valence-corrected chi connectivity index (χ4v) is 2.41. The van der Waals surface area contributed by atoms with Crippen molar-refractivity contribution in [1.29, 1.82) is 0 Å². The topological polar surface area (TPSA) is 73.9 Å². The molecule has 0 saturated heterocycles. The van der Waals surface area contributed by atoms with E-state index in [1.165, 1.54) is 0 Å². The molecule has 24 heavy (non-hydrogen) atoms. The molecule has 0 aliphatic heterocycles. The SMILES string of the molecule is Cc1ccc(C(N)=NOC(=O)COc2cc(C)c(Br)cc2C)cc1. The number of benzene rings is 2. The van der Waals surface area contributed by atoms with Crippen LogP contribution < -0.4 is 10.5 Å².